The molecule has 10 heteroatoms. The molecule has 0 bridgehead atoms. The molecule has 0 saturated carbocycles. The molecule has 0 spiro atoms. The fraction of sp³-hybridized carbons (Fsp3) is 0.238. The van der Waals surface area contributed by atoms with Gasteiger partial charge in [0, 0.05) is 18.6 Å². The van der Waals surface area contributed by atoms with Crippen LogP contribution < -0.4 is 14.2 Å². The predicted molar refractivity (Wildman–Crippen MR) is 204 cm³/mol. The fourth-order valence-corrected chi connectivity index (χ4v) is 6.74. The number of carbonyl (C=O) groups excluding carboxylic acids is 2. The average Bonchev–Trinajstić information content (AvgIpc) is 3.18. The maximum atomic E-state index is 12.8. The van der Waals surface area contributed by atoms with E-state index in [0.717, 1.165) is 28.2 Å². The number of Topliss-reactive ketones (excluding diaryl/α,β-unsaturated/α-hetero) is 1. The Labute approximate surface area is 309 Å². The van der Waals surface area contributed by atoms with E-state index < -0.39 is 15.8 Å². The van der Waals surface area contributed by atoms with Gasteiger partial charge in [-0.1, -0.05) is 105 Å². The van der Waals surface area contributed by atoms with E-state index in [1.54, 1.807) is 43.1 Å². The van der Waals surface area contributed by atoms with Crippen molar-refractivity contribution in [2.45, 2.75) is 44.5 Å². The summed E-state index contributed by atoms with van der Waals surface area (Å²) in [5.74, 6) is 2.18. The zero-order chi connectivity index (χ0) is 37.2. The second-order valence-corrected chi connectivity index (χ2v) is 13.0. The molecule has 270 valence electrons. The highest BCUT2D eigenvalue weighted by Crippen LogP contribution is 2.49. The number of benzene rings is 5. The van der Waals surface area contributed by atoms with Crippen molar-refractivity contribution < 1.29 is 33.5 Å². The van der Waals surface area contributed by atoms with Crippen molar-refractivity contribution in [2.75, 3.05) is 19.5 Å². The molecule has 5 aromatic rings. The van der Waals surface area contributed by atoms with E-state index in [9.17, 15) is 19.7 Å². The molecule has 0 aliphatic carbocycles. The van der Waals surface area contributed by atoms with E-state index in [2.05, 4.69) is 74.5 Å². The van der Waals surface area contributed by atoms with Gasteiger partial charge in [0.05, 0.1) is 16.8 Å². The Kier molecular flexibility index (Phi) is 15.3. The number of nitrogens with zero attached hydrogens (tertiary/aromatic N) is 1. The highest BCUT2D eigenvalue weighted by Gasteiger charge is 2.36. The maximum Gasteiger partial charge on any atom is 0.514 e. The predicted octanol–water partition coefficient (Wildman–Crippen LogP) is 10.2. The van der Waals surface area contributed by atoms with Gasteiger partial charge in [-0.25, -0.2) is 4.79 Å². The number of ether oxygens (including phenoxy) is 4. The average molecular weight is 722 g/mol. The van der Waals surface area contributed by atoms with Crippen LogP contribution in [0.1, 0.15) is 55.4 Å². The van der Waals surface area contributed by atoms with Gasteiger partial charge in [0.1, 0.15) is 30.5 Å². The molecule has 0 heterocycles. The summed E-state index contributed by atoms with van der Waals surface area (Å²) in [6.07, 6.45) is 1.36. The Hall–Kier alpha value is -5.61. The number of non-ortho nitro benzene ring substituents is 1. The number of hydrogen-bond donors (Lipinski definition) is 0. The Balaban J connectivity index is 0.00000195. The van der Waals surface area contributed by atoms with Crippen LogP contribution in [-0.2, 0) is 20.9 Å². The van der Waals surface area contributed by atoms with Gasteiger partial charge in [0.2, 0.25) is 0 Å². The summed E-state index contributed by atoms with van der Waals surface area (Å²) in [6.45, 7) is 4.15. The third-order valence-corrected chi connectivity index (χ3v) is 9.34. The number of nitro groups is 1. The van der Waals surface area contributed by atoms with Gasteiger partial charge in [0.25, 0.3) is 5.69 Å². The molecule has 0 N–H and O–H groups in total. The second kappa shape index (κ2) is 20.3. The van der Waals surface area contributed by atoms with Gasteiger partial charge >= 0.3 is 6.16 Å². The van der Waals surface area contributed by atoms with Crippen LogP contribution >= 0.6 is 11.8 Å². The van der Waals surface area contributed by atoms with Crippen LogP contribution in [0.5, 0.6) is 17.2 Å². The Morgan fingerprint density at radius 3 is 1.77 bits per heavy atom. The van der Waals surface area contributed by atoms with Crippen LogP contribution in [0.15, 0.2) is 133 Å². The molecule has 5 rings (SSSR count). The quantitative estimate of drug-likeness (QED) is 0.0245. The van der Waals surface area contributed by atoms with Crippen LogP contribution in [0.3, 0.4) is 0 Å². The topological polar surface area (TPSA) is 114 Å². The molecule has 0 aliphatic heterocycles. The van der Waals surface area contributed by atoms with E-state index in [1.807, 2.05) is 24.3 Å². The van der Waals surface area contributed by atoms with E-state index >= 15 is 0 Å². The first-order valence-corrected chi connectivity index (χ1v) is 18.0. The van der Waals surface area contributed by atoms with Gasteiger partial charge in [-0.05, 0) is 70.8 Å². The highest BCUT2D eigenvalue weighted by molar-refractivity contribution is 8.00. The summed E-state index contributed by atoms with van der Waals surface area (Å²) in [6, 6.07) is 40.9. The molecule has 9 nitrogen and oxygen atoms in total. The summed E-state index contributed by atoms with van der Waals surface area (Å²) in [5.41, 5.74) is 4.01. The van der Waals surface area contributed by atoms with Crippen molar-refractivity contribution in [1.29, 1.82) is 0 Å². The summed E-state index contributed by atoms with van der Waals surface area (Å²) in [5, 5.41) is 10.8. The monoisotopic (exact) mass is 721 g/mol. The summed E-state index contributed by atoms with van der Waals surface area (Å²) >= 11 is 1.81. The minimum atomic E-state index is -0.938. The maximum absolute atomic E-state index is 12.8. The minimum absolute atomic E-state index is 0.00327. The number of methoxy groups -OCH3 is 1. The number of rotatable bonds is 16. The van der Waals surface area contributed by atoms with E-state index in [-0.39, 0.29) is 30.4 Å². The first-order chi connectivity index (χ1) is 25.3. The normalized spacial score (nSPS) is 10.7. The van der Waals surface area contributed by atoms with Crippen LogP contribution in [0.25, 0.3) is 0 Å². The fourth-order valence-electron chi connectivity index (χ4n) is 5.24. The largest absolute Gasteiger partial charge is 0.514 e. The van der Waals surface area contributed by atoms with Gasteiger partial charge in [0.15, 0.2) is 5.78 Å². The number of thioether (sulfide) groups is 1. The summed E-state index contributed by atoms with van der Waals surface area (Å²) in [4.78, 5) is 35.0. The molecule has 5 aromatic carbocycles. The lowest BCUT2D eigenvalue weighted by Crippen LogP contribution is -2.26. The Morgan fingerprint density at radius 2 is 1.23 bits per heavy atom. The van der Waals surface area contributed by atoms with Crippen molar-refractivity contribution in [3.05, 3.63) is 166 Å². The van der Waals surface area contributed by atoms with Gasteiger partial charge < -0.3 is 18.9 Å². The van der Waals surface area contributed by atoms with Crippen molar-refractivity contribution in [3.63, 3.8) is 0 Å². The molecular weight excluding hydrogens is 679 g/mol. The van der Waals surface area contributed by atoms with Crippen molar-refractivity contribution >= 4 is 29.4 Å². The molecule has 0 aliphatic rings. The third kappa shape index (κ3) is 11.2. The molecule has 0 saturated heterocycles. The summed E-state index contributed by atoms with van der Waals surface area (Å²) < 4.78 is 20.8. The lowest BCUT2D eigenvalue weighted by Gasteiger charge is -2.35. The molecule has 0 aromatic heterocycles. The van der Waals surface area contributed by atoms with E-state index in [1.165, 1.54) is 30.7 Å². The van der Waals surface area contributed by atoms with Crippen LogP contribution in [0.4, 0.5) is 10.5 Å². The van der Waals surface area contributed by atoms with Gasteiger partial charge in [-0.3, -0.25) is 14.9 Å². The van der Waals surface area contributed by atoms with Crippen molar-refractivity contribution in [1.82, 2.24) is 0 Å². The van der Waals surface area contributed by atoms with Crippen LogP contribution in [0, 0.1) is 10.1 Å². The van der Waals surface area contributed by atoms with Gasteiger partial charge in [-0.15, -0.1) is 11.8 Å². The van der Waals surface area contributed by atoms with E-state index in [0.29, 0.717) is 24.2 Å². The first kappa shape index (κ1) is 39.2. The molecular formula is C42H43NO8S. The first-order valence-electron chi connectivity index (χ1n) is 17.0. The molecule has 0 amide bonds. The number of carbonyl (C=O) groups is 2. The standard InChI is InChI=1S/C39H35NO8S.C3H8/c1-45-35-22-16-32(17-23-35)39(30-9-4-2-5-10-30,31-11-6-3-7-12-31)49-26-8-13-34(41)28-46-36-20-14-29(15-21-36)27-47-38(42)48-37-24-18-33(19-25-37)40(43)44;1-3-2/h2-7,9-12,14-25H,8,13,26-28H2,1H3;3H2,1-2H3. The lowest BCUT2D eigenvalue weighted by molar-refractivity contribution is -0.384. The SMILES string of the molecule is CCC.COc1ccc(C(SCCCC(=O)COc2ccc(COC(=O)Oc3ccc([N+](=O)[O-])cc3)cc2)(c2ccccc2)c2ccccc2)cc1. The third-order valence-electron chi connectivity index (χ3n) is 7.70. The number of nitro benzene ring substituents is 1. The summed E-state index contributed by atoms with van der Waals surface area (Å²) in [7, 11) is 1.66. The molecule has 0 atom stereocenters. The lowest BCUT2D eigenvalue weighted by atomic mass is 9.84. The molecule has 52 heavy (non-hydrogen) atoms. The van der Waals surface area contributed by atoms with Crippen molar-refractivity contribution in [3.8, 4) is 17.2 Å². The van der Waals surface area contributed by atoms with Crippen LogP contribution in [-0.4, -0.2) is 36.3 Å². The van der Waals surface area contributed by atoms with E-state index in [4.69, 9.17) is 18.9 Å². The van der Waals surface area contributed by atoms with Crippen LogP contribution in [0.2, 0.25) is 0 Å². The number of ketones is 1. The molecule has 0 fully saturated rings. The van der Waals surface area contributed by atoms with Crippen molar-refractivity contribution in [2.24, 2.45) is 0 Å². The minimum Gasteiger partial charge on any atom is -0.497 e. The number of hydrogen-bond acceptors (Lipinski definition) is 9. The van der Waals surface area contributed by atoms with Gasteiger partial charge in [-0.2, -0.15) is 0 Å². The molecule has 0 unspecified atom stereocenters. The Morgan fingerprint density at radius 1 is 0.712 bits per heavy atom. The highest BCUT2D eigenvalue weighted by atomic mass is 32.2. The second-order valence-electron chi connectivity index (χ2n) is 11.7. The zero-order valence-corrected chi connectivity index (χ0v) is 30.4. The zero-order valence-electron chi connectivity index (χ0n) is 29.6. The Bertz CT molecular complexity index is 1790. The smallest absolute Gasteiger partial charge is 0.497 e. The molecule has 0 radical (unpaired) electrons.